The highest BCUT2D eigenvalue weighted by molar-refractivity contribution is 5.45. The highest BCUT2D eigenvalue weighted by atomic mass is 16.5. The van der Waals surface area contributed by atoms with Crippen molar-refractivity contribution in [1.29, 1.82) is 0 Å². The standard InChI is InChI=1S/C16H19NO/c1-11-8-9-14(15(10-11)18-3)16(17)13-7-5-4-6-12(13)2/h4-10,16H,17H2,1-3H3. The molecule has 0 aromatic heterocycles. The minimum atomic E-state index is -0.151. The van der Waals surface area contributed by atoms with Crippen LogP contribution in [0.4, 0.5) is 0 Å². The van der Waals surface area contributed by atoms with Gasteiger partial charge in [0.1, 0.15) is 5.75 Å². The molecule has 0 bridgehead atoms. The lowest BCUT2D eigenvalue weighted by Crippen LogP contribution is -2.14. The summed E-state index contributed by atoms with van der Waals surface area (Å²) in [5, 5.41) is 0. The zero-order valence-corrected chi connectivity index (χ0v) is 11.1. The maximum atomic E-state index is 6.36. The zero-order valence-electron chi connectivity index (χ0n) is 11.1. The molecule has 2 heteroatoms. The Balaban J connectivity index is 2.46. The summed E-state index contributed by atoms with van der Waals surface area (Å²) in [7, 11) is 1.68. The van der Waals surface area contributed by atoms with Crippen LogP contribution < -0.4 is 10.5 Å². The van der Waals surface area contributed by atoms with E-state index in [1.54, 1.807) is 7.11 Å². The van der Waals surface area contributed by atoms with Crippen molar-refractivity contribution in [2.75, 3.05) is 7.11 Å². The fourth-order valence-electron chi connectivity index (χ4n) is 2.18. The predicted molar refractivity (Wildman–Crippen MR) is 74.9 cm³/mol. The van der Waals surface area contributed by atoms with E-state index in [9.17, 15) is 0 Å². The van der Waals surface area contributed by atoms with Crippen LogP contribution in [0.2, 0.25) is 0 Å². The molecule has 1 unspecified atom stereocenters. The summed E-state index contributed by atoms with van der Waals surface area (Å²) in [6.45, 7) is 4.13. The van der Waals surface area contributed by atoms with Gasteiger partial charge in [-0.2, -0.15) is 0 Å². The molecule has 2 rings (SSSR count). The molecule has 2 nitrogen and oxygen atoms in total. The number of aryl methyl sites for hydroxylation is 2. The number of benzene rings is 2. The quantitative estimate of drug-likeness (QED) is 0.894. The third-order valence-corrected chi connectivity index (χ3v) is 3.25. The van der Waals surface area contributed by atoms with Crippen LogP contribution in [0.3, 0.4) is 0 Å². The predicted octanol–water partition coefficient (Wildman–Crippen LogP) is 3.36. The Labute approximate surface area is 108 Å². The van der Waals surface area contributed by atoms with Crippen molar-refractivity contribution < 1.29 is 4.74 Å². The van der Waals surface area contributed by atoms with Gasteiger partial charge in [0.25, 0.3) is 0 Å². The molecular weight excluding hydrogens is 222 g/mol. The molecule has 1 atom stereocenters. The lowest BCUT2D eigenvalue weighted by molar-refractivity contribution is 0.407. The van der Waals surface area contributed by atoms with Crippen LogP contribution in [0.15, 0.2) is 42.5 Å². The molecule has 94 valence electrons. The molecule has 0 aliphatic rings. The van der Waals surface area contributed by atoms with Gasteiger partial charge in [0.15, 0.2) is 0 Å². The Bertz CT molecular complexity index is 549. The van der Waals surface area contributed by atoms with E-state index >= 15 is 0 Å². The second kappa shape index (κ2) is 5.23. The van der Waals surface area contributed by atoms with Crippen LogP contribution in [0.1, 0.15) is 28.3 Å². The number of methoxy groups -OCH3 is 1. The number of hydrogen-bond acceptors (Lipinski definition) is 2. The average molecular weight is 241 g/mol. The summed E-state index contributed by atoms with van der Waals surface area (Å²) in [4.78, 5) is 0. The third kappa shape index (κ3) is 2.39. The first-order valence-electron chi connectivity index (χ1n) is 6.09. The molecule has 0 fully saturated rings. The second-order valence-electron chi connectivity index (χ2n) is 4.58. The van der Waals surface area contributed by atoms with E-state index in [-0.39, 0.29) is 6.04 Å². The highest BCUT2D eigenvalue weighted by Crippen LogP contribution is 2.30. The molecule has 0 saturated heterocycles. The first-order chi connectivity index (χ1) is 8.63. The number of ether oxygens (including phenoxy) is 1. The lowest BCUT2D eigenvalue weighted by atomic mass is 9.94. The fourth-order valence-corrected chi connectivity index (χ4v) is 2.18. The summed E-state index contributed by atoms with van der Waals surface area (Å²) in [5.74, 6) is 0.853. The van der Waals surface area contributed by atoms with E-state index in [0.29, 0.717) is 0 Å². The van der Waals surface area contributed by atoms with Crippen molar-refractivity contribution in [2.24, 2.45) is 5.73 Å². The normalized spacial score (nSPS) is 12.2. The Kier molecular flexibility index (Phi) is 3.68. The molecule has 18 heavy (non-hydrogen) atoms. The molecular formula is C16H19NO. The molecule has 0 saturated carbocycles. The Hall–Kier alpha value is -1.80. The highest BCUT2D eigenvalue weighted by Gasteiger charge is 2.15. The molecule has 2 N–H and O–H groups in total. The summed E-state index contributed by atoms with van der Waals surface area (Å²) < 4.78 is 5.43. The summed E-state index contributed by atoms with van der Waals surface area (Å²) in [6, 6.07) is 14.2. The van der Waals surface area contributed by atoms with Gasteiger partial charge in [-0.1, -0.05) is 36.4 Å². The average Bonchev–Trinajstić information content (AvgIpc) is 2.38. The molecule has 2 aromatic rings. The van der Waals surface area contributed by atoms with E-state index in [4.69, 9.17) is 10.5 Å². The molecule has 0 spiro atoms. The maximum Gasteiger partial charge on any atom is 0.124 e. The van der Waals surface area contributed by atoms with Crippen molar-refractivity contribution in [3.8, 4) is 5.75 Å². The van der Waals surface area contributed by atoms with Crippen LogP contribution in [-0.4, -0.2) is 7.11 Å². The minimum absolute atomic E-state index is 0.151. The smallest absolute Gasteiger partial charge is 0.124 e. The third-order valence-electron chi connectivity index (χ3n) is 3.25. The molecule has 0 aliphatic carbocycles. The number of hydrogen-bond donors (Lipinski definition) is 1. The van der Waals surface area contributed by atoms with Crippen molar-refractivity contribution in [3.63, 3.8) is 0 Å². The van der Waals surface area contributed by atoms with Crippen LogP contribution >= 0.6 is 0 Å². The van der Waals surface area contributed by atoms with Gasteiger partial charge in [0.05, 0.1) is 13.2 Å². The number of nitrogens with two attached hydrogens (primary N) is 1. The van der Waals surface area contributed by atoms with E-state index in [1.165, 1.54) is 11.1 Å². The maximum absolute atomic E-state index is 6.36. The molecule has 0 aliphatic heterocycles. The van der Waals surface area contributed by atoms with E-state index in [0.717, 1.165) is 16.9 Å². The summed E-state index contributed by atoms with van der Waals surface area (Å²) in [6.07, 6.45) is 0. The van der Waals surface area contributed by atoms with E-state index in [1.807, 2.05) is 31.2 Å². The van der Waals surface area contributed by atoms with Crippen molar-refractivity contribution >= 4 is 0 Å². The molecule has 0 radical (unpaired) electrons. The molecule has 0 heterocycles. The molecule has 2 aromatic carbocycles. The zero-order chi connectivity index (χ0) is 13.1. The van der Waals surface area contributed by atoms with Gasteiger partial charge in [-0.15, -0.1) is 0 Å². The van der Waals surface area contributed by atoms with Gasteiger partial charge in [0, 0.05) is 5.56 Å². The van der Waals surface area contributed by atoms with Gasteiger partial charge < -0.3 is 10.5 Å². The topological polar surface area (TPSA) is 35.2 Å². The largest absolute Gasteiger partial charge is 0.496 e. The summed E-state index contributed by atoms with van der Waals surface area (Å²) >= 11 is 0. The van der Waals surface area contributed by atoms with Crippen LogP contribution in [-0.2, 0) is 0 Å². The van der Waals surface area contributed by atoms with Gasteiger partial charge in [-0.3, -0.25) is 0 Å². The fraction of sp³-hybridized carbons (Fsp3) is 0.250. The SMILES string of the molecule is COc1cc(C)ccc1C(N)c1ccccc1C. The first-order valence-corrected chi connectivity index (χ1v) is 6.09. The van der Waals surface area contributed by atoms with E-state index in [2.05, 4.69) is 25.1 Å². The Morgan fingerprint density at radius 3 is 2.39 bits per heavy atom. The Morgan fingerprint density at radius 1 is 1.00 bits per heavy atom. The van der Waals surface area contributed by atoms with Crippen LogP contribution in [0.5, 0.6) is 5.75 Å². The van der Waals surface area contributed by atoms with Crippen LogP contribution in [0.25, 0.3) is 0 Å². The lowest BCUT2D eigenvalue weighted by Gasteiger charge is -2.18. The Morgan fingerprint density at radius 2 is 1.72 bits per heavy atom. The van der Waals surface area contributed by atoms with Crippen molar-refractivity contribution in [1.82, 2.24) is 0 Å². The van der Waals surface area contributed by atoms with Gasteiger partial charge in [-0.25, -0.2) is 0 Å². The summed E-state index contributed by atoms with van der Waals surface area (Å²) in [5.41, 5.74) is 10.9. The van der Waals surface area contributed by atoms with Gasteiger partial charge >= 0.3 is 0 Å². The first kappa shape index (κ1) is 12.7. The number of rotatable bonds is 3. The van der Waals surface area contributed by atoms with Crippen molar-refractivity contribution in [2.45, 2.75) is 19.9 Å². The minimum Gasteiger partial charge on any atom is -0.496 e. The van der Waals surface area contributed by atoms with Gasteiger partial charge in [0.2, 0.25) is 0 Å². The van der Waals surface area contributed by atoms with E-state index < -0.39 is 0 Å². The van der Waals surface area contributed by atoms with Gasteiger partial charge in [-0.05, 0) is 36.6 Å². The monoisotopic (exact) mass is 241 g/mol. The molecule has 0 amide bonds. The van der Waals surface area contributed by atoms with Crippen molar-refractivity contribution in [3.05, 3.63) is 64.7 Å². The van der Waals surface area contributed by atoms with Crippen LogP contribution in [0, 0.1) is 13.8 Å². The second-order valence-corrected chi connectivity index (χ2v) is 4.58.